The van der Waals surface area contributed by atoms with Gasteiger partial charge >= 0.3 is 11.9 Å². The summed E-state index contributed by atoms with van der Waals surface area (Å²) in [4.78, 5) is 32.7. The minimum atomic E-state index is -1.82. The molecule has 0 aliphatic carbocycles. The van der Waals surface area contributed by atoms with Crippen LogP contribution in [0.2, 0.25) is 0 Å². The van der Waals surface area contributed by atoms with Gasteiger partial charge in [0.1, 0.15) is 11.5 Å². The fourth-order valence-electron chi connectivity index (χ4n) is 2.73. The molecule has 9 nitrogen and oxygen atoms in total. The minimum absolute atomic E-state index is 0.0210. The first-order chi connectivity index (χ1) is 13.4. The Morgan fingerprint density at radius 2 is 1.61 bits per heavy atom. The van der Waals surface area contributed by atoms with E-state index in [0.29, 0.717) is 23.6 Å². The second-order valence-electron chi connectivity index (χ2n) is 6.23. The summed E-state index contributed by atoms with van der Waals surface area (Å²) >= 11 is 0. The van der Waals surface area contributed by atoms with Gasteiger partial charge in [-0.25, -0.2) is 9.59 Å². The largest absolute Gasteiger partial charge is 0.497 e. The molecule has 1 aromatic rings. The van der Waals surface area contributed by atoms with Crippen molar-refractivity contribution in [1.29, 1.82) is 0 Å². The van der Waals surface area contributed by atoms with Crippen LogP contribution in [0.4, 0.5) is 5.69 Å². The van der Waals surface area contributed by atoms with E-state index in [1.54, 1.807) is 20.3 Å². The van der Waals surface area contributed by atoms with Crippen molar-refractivity contribution in [3.63, 3.8) is 0 Å². The number of carboxylic acids is 2. The van der Waals surface area contributed by atoms with Gasteiger partial charge in [0.15, 0.2) is 0 Å². The maximum Gasteiger partial charge on any atom is 0.414 e. The van der Waals surface area contributed by atoms with Crippen molar-refractivity contribution >= 4 is 23.5 Å². The first-order valence-electron chi connectivity index (χ1n) is 9.07. The monoisotopic (exact) mass is 396 g/mol. The average molecular weight is 396 g/mol. The van der Waals surface area contributed by atoms with E-state index >= 15 is 0 Å². The number of nitrogens with one attached hydrogen (secondary N) is 1. The number of hydrogen-bond acceptors (Lipinski definition) is 6. The Hall–Kier alpha value is -2.81. The van der Waals surface area contributed by atoms with Crippen LogP contribution in [0.25, 0.3) is 0 Å². The second-order valence-corrected chi connectivity index (χ2v) is 6.23. The molecule has 2 rings (SSSR count). The number of rotatable bonds is 6. The molecule has 9 heteroatoms. The van der Waals surface area contributed by atoms with E-state index < -0.39 is 11.9 Å². The SMILES string of the molecule is COc1ccc(NC(=O)CCN2CCCCCC2)c(OC)c1.O=C(O)C(=O)O. The predicted molar refractivity (Wildman–Crippen MR) is 103 cm³/mol. The van der Waals surface area contributed by atoms with Crippen LogP contribution >= 0.6 is 0 Å². The van der Waals surface area contributed by atoms with Gasteiger partial charge in [0.2, 0.25) is 5.91 Å². The predicted octanol–water partition coefficient (Wildman–Crippen LogP) is 2.06. The highest BCUT2D eigenvalue weighted by Gasteiger charge is 2.13. The van der Waals surface area contributed by atoms with Gasteiger partial charge in [-0.1, -0.05) is 12.8 Å². The second kappa shape index (κ2) is 12.6. The fraction of sp³-hybridized carbons (Fsp3) is 0.526. The van der Waals surface area contributed by atoms with E-state index in [1.807, 2.05) is 12.1 Å². The topological polar surface area (TPSA) is 125 Å². The van der Waals surface area contributed by atoms with Crippen LogP contribution in [0.15, 0.2) is 18.2 Å². The average Bonchev–Trinajstić information content (AvgIpc) is 2.96. The molecule has 0 spiro atoms. The number of amides is 1. The maximum absolute atomic E-state index is 12.1. The van der Waals surface area contributed by atoms with E-state index in [2.05, 4.69) is 10.2 Å². The molecule has 1 aliphatic rings. The lowest BCUT2D eigenvalue weighted by atomic mass is 10.2. The lowest BCUT2D eigenvalue weighted by Gasteiger charge is -2.19. The highest BCUT2D eigenvalue weighted by atomic mass is 16.5. The number of anilines is 1. The van der Waals surface area contributed by atoms with Crippen LogP contribution in [-0.2, 0) is 14.4 Å². The molecule has 1 aromatic carbocycles. The number of carbonyl (C=O) groups is 3. The van der Waals surface area contributed by atoms with Crippen molar-refractivity contribution in [1.82, 2.24) is 4.90 Å². The molecular formula is C19H28N2O7. The lowest BCUT2D eigenvalue weighted by Crippen LogP contribution is -2.28. The van der Waals surface area contributed by atoms with Crippen LogP contribution in [0.5, 0.6) is 11.5 Å². The quantitative estimate of drug-likeness (QED) is 0.624. The van der Waals surface area contributed by atoms with Gasteiger partial charge in [-0.2, -0.15) is 0 Å². The van der Waals surface area contributed by atoms with Gasteiger partial charge in [-0.3, -0.25) is 4.79 Å². The number of carbonyl (C=O) groups excluding carboxylic acids is 1. The van der Waals surface area contributed by atoms with Gasteiger partial charge in [0.05, 0.1) is 19.9 Å². The van der Waals surface area contributed by atoms with Crippen molar-refractivity contribution in [3.05, 3.63) is 18.2 Å². The minimum Gasteiger partial charge on any atom is -0.497 e. The number of ether oxygens (including phenoxy) is 2. The highest BCUT2D eigenvalue weighted by Crippen LogP contribution is 2.29. The lowest BCUT2D eigenvalue weighted by molar-refractivity contribution is -0.159. The van der Waals surface area contributed by atoms with Gasteiger partial charge < -0.3 is 29.9 Å². The van der Waals surface area contributed by atoms with Crippen LogP contribution in [0.3, 0.4) is 0 Å². The molecule has 0 saturated carbocycles. The zero-order valence-corrected chi connectivity index (χ0v) is 16.3. The molecule has 1 aliphatic heterocycles. The number of aliphatic carboxylic acids is 2. The summed E-state index contributed by atoms with van der Waals surface area (Å²) in [7, 11) is 3.19. The van der Waals surface area contributed by atoms with Crippen molar-refractivity contribution in [2.75, 3.05) is 39.2 Å². The Kier molecular flexibility index (Phi) is 10.4. The van der Waals surface area contributed by atoms with Gasteiger partial charge in [-0.05, 0) is 38.1 Å². The highest BCUT2D eigenvalue weighted by molar-refractivity contribution is 6.27. The maximum atomic E-state index is 12.1. The first-order valence-corrected chi connectivity index (χ1v) is 9.07. The Morgan fingerprint density at radius 3 is 2.11 bits per heavy atom. The molecule has 156 valence electrons. The summed E-state index contributed by atoms with van der Waals surface area (Å²) in [6, 6.07) is 5.39. The molecule has 0 radical (unpaired) electrons. The van der Waals surface area contributed by atoms with Crippen molar-refractivity contribution in [3.8, 4) is 11.5 Å². The molecule has 1 heterocycles. The third-order valence-electron chi connectivity index (χ3n) is 4.22. The molecule has 1 amide bonds. The molecule has 1 fully saturated rings. The zero-order chi connectivity index (χ0) is 20.9. The van der Waals surface area contributed by atoms with E-state index in [1.165, 1.54) is 25.7 Å². The smallest absolute Gasteiger partial charge is 0.414 e. The van der Waals surface area contributed by atoms with E-state index in [-0.39, 0.29) is 5.91 Å². The summed E-state index contributed by atoms with van der Waals surface area (Å²) in [6.45, 7) is 3.04. The molecular weight excluding hydrogens is 368 g/mol. The van der Waals surface area contributed by atoms with Crippen molar-refractivity contribution < 1.29 is 34.1 Å². The Morgan fingerprint density at radius 1 is 1.00 bits per heavy atom. The number of likely N-dealkylation sites (tertiary alicyclic amines) is 1. The van der Waals surface area contributed by atoms with E-state index in [9.17, 15) is 4.79 Å². The molecule has 3 N–H and O–H groups in total. The number of nitrogens with zero attached hydrogens (tertiary/aromatic N) is 1. The standard InChI is InChI=1S/C17H26N2O3.C2H2O4/c1-21-14-7-8-15(16(13-14)22-2)18-17(20)9-12-19-10-5-3-4-6-11-19;3-1(4)2(5)6/h7-8,13H,3-6,9-12H2,1-2H3,(H,18,20);(H,3,4)(H,5,6). The third kappa shape index (κ3) is 8.72. The summed E-state index contributed by atoms with van der Waals surface area (Å²) in [6.07, 6.45) is 5.62. The molecule has 0 atom stereocenters. The van der Waals surface area contributed by atoms with Gasteiger partial charge in [0, 0.05) is 19.0 Å². The summed E-state index contributed by atoms with van der Waals surface area (Å²) < 4.78 is 10.5. The molecule has 0 unspecified atom stereocenters. The molecule has 28 heavy (non-hydrogen) atoms. The van der Waals surface area contributed by atoms with E-state index in [4.69, 9.17) is 29.3 Å². The Balaban J connectivity index is 0.000000568. The van der Waals surface area contributed by atoms with Crippen molar-refractivity contribution in [2.24, 2.45) is 0 Å². The first kappa shape index (κ1) is 23.2. The number of hydrogen-bond donors (Lipinski definition) is 3. The van der Waals surface area contributed by atoms with Gasteiger partial charge in [0.25, 0.3) is 0 Å². The molecule has 1 saturated heterocycles. The summed E-state index contributed by atoms with van der Waals surface area (Å²) in [5, 5.41) is 17.7. The van der Waals surface area contributed by atoms with Crippen LogP contribution < -0.4 is 14.8 Å². The summed E-state index contributed by atoms with van der Waals surface area (Å²) in [5.74, 6) is -2.31. The van der Waals surface area contributed by atoms with E-state index in [0.717, 1.165) is 19.6 Å². The van der Waals surface area contributed by atoms with Gasteiger partial charge in [-0.15, -0.1) is 0 Å². The summed E-state index contributed by atoms with van der Waals surface area (Å²) in [5.41, 5.74) is 0.684. The van der Waals surface area contributed by atoms with Crippen LogP contribution in [0, 0.1) is 0 Å². The number of benzene rings is 1. The van der Waals surface area contributed by atoms with Crippen molar-refractivity contribution in [2.45, 2.75) is 32.1 Å². The fourth-order valence-corrected chi connectivity index (χ4v) is 2.73. The number of carboxylic acid groups (broad SMARTS) is 2. The van der Waals surface area contributed by atoms with Crippen LogP contribution in [0.1, 0.15) is 32.1 Å². The van der Waals surface area contributed by atoms with Crippen LogP contribution in [-0.4, -0.2) is 66.8 Å². The zero-order valence-electron chi connectivity index (χ0n) is 16.3. The third-order valence-corrected chi connectivity index (χ3v) is 4.22. The Bertz CT molecular complexity index is 644. The normalized spacial score (nSPS) is 14.1. The molecule has 0 aromatic heterocycles. The Labute approximate surface area is 164 Å². The number of methoxy groups -OCH3 is 2. The molecule has 0 bridgehead atoms.